The van der Waals surface area contributed by atoms with Crippen LogP contribution in [0, 0.1) is 11.3 Å². The molecule has 0 saturated carbocycles. The monoisotopic (exact) mass is 336 g/mol. The van der Waals surface area contributed by atoms with E-state index in [0.717, 1.165) is 17.7 Å². The van der Waals surface area contributed by atoms with Crippen molar-refractivity contribution < 1.29 is 14.3 Å². The number of aromatic nitrogens is 1. The quantitative estimate of drug-likeness (QED) is 0.839. The Balaban J connectivity index is 1.95. The highest BCUT2D eigenvalue weighted by molar-refractivity contribution is 6.02. The predicted octanol–water partition coefficient (Wildman–Crippen LogP) is 2.87. The van der Waals surface area contributed by atoms with Gasteiger partial charge < -0.3 is 10.1 Å². The molecule has 1 heterocycles. The summed E-state index contributed by atoms with van der Waals surface area (Å²) in [5, 5.41) is 14.7. The number of urea groups is 1. The SMILES string of the molecule is COC(=O)c1c(C#N)c(NC(=O)Nc2ccccc2)nc2c1CCC2. The van der Waals surface area contributed by atoms with Gasteiger partial charge in [-0.2, -0.15) is 5.26 Å². The summed E-state index contributed by atoms with van der Waals surface area (Å²) >= 11 is 0. The van der Waals surface area contributed by atoms with Crippen LogP contribution in [0.5, 0.6) is 0 Å². The number of nitriles is 1. The van der Waals surface area contributed by atoms with Gasteiger partial charge >= 0.3 is 12.0 Å². The highest BCUT2D eigenvalue weighted by atomic mass is 16.5. The summed E-state index contributed by atoms with van der Waals surface area (Å²) in [6, 6.07) is 10.3. The number of amides is 2. The molecule has 0 unspecified atom stereocenters. The standard InChI is InChI=1S/C18H16N4O3/c1-25-17(23)15-12-8-5-9-14(12)21-16(13(15)10-19)22-18(24)20-11-6-3-2-4-7-11/h2-4,6-7H,5,8-9H2,1H3,(H2,20,21,22,24). The molecule has 0 spiro atoms. The number of hydrogen-bond acceptors (Lipinski definition) is 5. The van der Waals surface area contributed by atoms with Crippen LogP contribution in [0.2, 0.25) is 0 Å². The smallest absolute Gasteiger partial charge is 0.339 e. The maximum absolute atomic E-state index is 12.2. The molecule has 3 rings (SSSR count). The minimum absolute atomic E-state index is 0.0238. The molecule has 0 aliphatic heterocycles. The summed E-state index contributed by atoms with van der Waals surface area (Å²) in [4.78, 5) is 28.7. The van der Waals surface area contributed by atoms with Crippen molar-refractivity contribution in [3.05, 3.63) is 52.7 Å². The molecule has 2 aromatic rings. The van der Waals surface area contributed by atoms with E-state index in [2.05, 4.69) is 15.6 Å². The first-order valence-corrected chi connectivity index (χ1v) is 7.81. The molecule has 2 N–H and O–H groups in total. The highest BCUT2D eigenvalue weighted by Crippen LogP contribution is 2.30. The zero-order valence-electron chi connectivity index (χ0n) is 13.6. The fraction of sp³-hybridized carbons (Fsp3) is 0.222. The minimum atomic E-state index is -0.594. The van der Waals surface area contributed by atoms with E-state index >= 15 is 0 Å². The number of nitrogens with zero attached hydrogens (tertiary/aromatic N) is 2. The van der Waals surface area contributed by atoms with Crippen molar-refractivity contribution in [1.29, 1.82) is 5.26 Å². The number of ether oxygens (including phenoxy) is 1. The summed E-state index contributed by atoms with van der Waals surface area (Å²) in [6.45, 7) is 0. The van der Waals surface area contributed by atoms with Crippen molar-refractivity contribution in [2.45, 2.75) is 19.3 Å². The number of anilines is 2. The topological polar surface area (TPSA) is 104 Å². The summed E-state index contributed by atoms with van der Waals surface area (Å²) in [5.41, 5.74) is 2.28. The van der Waals surface area contributed by atoms with Gasteiger partial charge in [0.1, 0.15) is 11.6 Å². The number of para-hydroxylation sites is 1. The van der Waals surface area contributed by atoms with Gasteiger partial charge in [0.15, 0.2) is 5.82 Å². The lowest BCUT2D eigenvalue weighted by molar-refractivity contribution is 0.0599. The maximum Gasteiger partial charge on any atom is 0.339 e. The lowest BCUT2D eigenvalue weighted by atomic mass is 10.0. The van der Waals surface area contributed by atoms with Gasteiger partial charge in [0, 0.05) is 11.4 Å². The lowest BCUT2D eigenvalue weighted by Gasteiger charge is -2.14. The van der Waals surface area contributed by atoms with Crippen LogP contribution >= 0.6 is 0 Å². The number of esters is 1. The molecule has 1 aliphatic rings. The van der Waals surface area contributed by atoms with Crippen molar-refractivity contribution in [2.75, 3.05) is 17.7 Å². The Morgan fingerprint density at radius 2 is 1.96 bits per heavy atom. The Labute approximate surface area is 144 Å². The number of hydrogen-bond donors (Lipinski definition) is 2. The van der Waals surface area contributed by atoms with E-state index in [-0.39, 0.29) is 16.9 Å². The third-order valence-corrected chi connectivity index (χ3v) is 3.99. The van der Waals surface area contributed by atoms with Crippen molar-refractivity contribution >= 4 is 23.5 Å². The molecule has 0 atom stereocenters. The molecule has 0 saturated heterocycles. The summed E-state index contributed by atoms with van der Waals surface area (Å²) in [7, 11) is 1.26. The van der Waals surface area contributed by atoms with Crippen LogP contribution in [0.4, 0.5) is 16.3 Å². The van der Waals surface area contributed by atoms with Crippen LogP contribution in [-0.2, 0) is 17.6 Å². The first-order valence-electron chi connectivity index (χ1n) is 7.81. The molecule has 7 nitrogen and oxygen atoms in total. The first-order chi connectivity index (χ1) is 12.1. The number of methoxy groups -OCH3 is 1. The number of nitrogens with one attached hydrogen (secondary N) is 2. The number of fused-ring (bicyclic) bond motifs is 1. The Bertz CT molecular complexity index is 872. The van der Waals surface area contributed by atoms with Gasteiger partial charge in [0.25, 0.3) is 0 Å². The summed E-state index contributed by atoms with van der Waals surface area (Å²) < 4.78 is 4.81. The van der Waals surface area contributed by atoms with Gasteiger partial charge in [-0.05, 0) is 37.0 Å². The maximum atomic E-state index is 12.2. The molecule has 2 amide bonds. The predicted molar refractivity (Wildman–Crippen MR) is 91.4 cm³/mol. The lowest BCUT2D eigenvalue weighted by Crippen LogP contribution is -2.22. The molecular weight excluding hydrogens is 320 g/mol. The highest BCUT2D eigenvalue weighted by Gasteiger charge is 2.28. The molecule has 0 radical (unpaired) electrons. The third-order valence-electron chi connectivity index (χ3n) is 3.99. The molecule has 25 heavy (non-hydrogen) atoms. The molecule has 1 aromatic carbocycles. The van der Waals surface area contributed by atoms with E-state index in [0.29, 0.717) is 18.5 Å². The minimum Gasteiger partial charge on any atom is -0.465 e. The Morgan fingerprint density at radius 3 is 2.64 bits per heavy atom. The number of carbonyl (C=O) groups is 2. The normalized spacial score (nSPS) is 12.0. The van der Waals surface area contributed by atoms with E-state index in [1.165, 1.54) is 7.11 Å². The van der Waals surface area contributed by atoms with E-state index < -0.39 is 12.0 Å². The second kappa shape index (κ2) is 7.01. The number of pyridine rings is 1. The van der Waals surface area contributed by atoms with Crippen LogP contribution in [0.25, 0.3) is 0 Å². The molecule has 0 bridgehead atoms. The molecule has 1 aromatic heterocycles. The molecule has 1 aliphatic carbocycles. The van der Waals surface area contributed by atoms with Gasteiger partial charge in [0.05, 0.1) is 12.7 Å². The molecule has 126 valence electrons. The number of carbonyl (C=O) groups excluding carboxylic acids is 2. The summed E-state index contributed by atoms with van der Waals surface area (Å²) in [5.74, 6) is -0.527. The van der Waals surface area contributed by atoms with Crippen LogP contribution in [-0.4, -0.2) is 24.1 Å². The number of benzene rings is 1. The Hall–Kier alpha value is -3.40. The van der Waals surface area contributed by atoms with Crippen molar-refractivity contribution in [3.63, 3.8) is 0 Å². The van der Waals surface area contributed by atoms with E-state index in [9.17, 15) is 14.9 Å². The Morgan fingerprint density at radius 1 is 1.20 bits per heavy atom. The van der Waals surface area contributed by atoms with Crippen molar-refractivity contribution in [2.24, 2.45) is 0 Å². The number of rotatable bonds is 3. The largest absolute Gasteiger partial charge is 0.465 e. The molecular formula is C18H16N4O3. The van der Waals surface area contributed by atoms with Crippen LogP contribution < -0.4 is 10.6 Å². The first kappa shape index (κ1) is 16.5. The average molecular weight is 336 g/mol. The van der Waals surface area contributed by atoms with E-state index in [1.54, 1.807) is 24.3 Å². The fourth-order valence-corrected chi connectivity index (χ4v) is 2.90. The van der Waals surface area contributed by atoms with E-state index in [1.807, 2.05) is 12.1 Å². The zero-order chi connectivity index (χ0) is 17.8. The van der Waals surface area contributed by atoms with E-state index in [4.69, 9.17) is 4.74 Å². The van der Waals surface area contributed by atoms with Gasteiger partial charge in [0.2, 0.25) is 0 Å². The van der Waals surface area contributed by atoms with Gasteiger partial charge in [-0.1, -0.05) is 18.2 Å². The average Bonchev–Trinajstić information content (AvgIpc) is 3.08. The second-order valence-electron chi connectivity index (χ2n) is 5.54. The summed E-state index contributed by atoms with van der Waals surface area (Å²) in [6.07, 6.45) is 2.20. The van der Waals surface area contributed by atoms with Gasteiger partial charge in [-0.25, -0.2) is 14.6 Å². The van der Waals surface area contributed by atoms with Crippen LogP contribution in [0.3, 0.4) is 0 Å². The zero-order valence-corrected chi connectivity index (χ0v) is 13.6. The third kappa shape index (κ3) is 3.28. The van der Waals surface area contributed by atoms with Crippen LogP contribution in [0.15, 0.2) is 30.3 Å². The molecule has 0 fully saturated rings. The van der Waals surface area contributed by atoms with Crippen molar-refractivity contribution in [3.8, 4) is 6.07 Å². The Kier molecular flexibility index (Phi) is 4.61. The number of aryl methyl sites for hydroxylation is 1. The second-order valence-corrected chi connectivity index (χ2v) is 5.54. The van der Waals surface area contributed by atoms with Gasteiger partial charge in [-0.3, -0.25) is 5.32 Å². The fourth-order valence-electron chi connectivity index (χ4n) is 2.90. The van der Waals surface area contributed by atoms with Crippen LogP contribution in [0.1, 0.15) is 33.6 Å². The molecule has 7 heteroatoms. The van der Waals surface area contributed by atoms with Crippen molar-refractivity contribution in [1.82, 2.24) is 4.98 Å². The van der Waals surface area contributed by atoms with Gasteiger partial charge in [-0.15, -0.1) is 0 Å².